The molecule has 0 unspecified atom stereocenters. The fourth-order valence-corrected chi connectivity index (χ4v) is 5.86. The largest absolute Gasteiger partial charge is 0.376 e. The number of rotatable bonds is 9. The van der Waals surface area contributed by atoms with Crippen LogP contribution in [0.3, 0.4) is 0 Å². The summed E-state index contributed by atoms with van der Waals surface area (Å²) < 4.78 is 7.84. The molecule has 2 fully saturated rings. The van der Waals surface area contributed by atoms with E-state index >= 15 is 0 Å². The van der Waals surface area contributed by atoms with Crippen LogP contribution in [-0.2, 0) is 17.8 Å². The second-order valence-corrected chi connectivity index (χ2v) is 10.3. The first kappa shape index (κ1) is 24.1. The zero-order valence-electron chi connectivity index (χ0n) is 21.1. The summed E-state index contributed by atoms with van der Waals surface area (Å²) in [7, 11) is 0. The Hall–Kier alpha value is -2.58. The minimum absolute atomic E-state index is 0.00175. The Morgan fingerprint density at radius 2 is 2.03 bits per heavy atom. The average Bonchev–Trinajstić information content (AvgIpc) is 3.55. The highest BCUT2D eigenvalue weighted by atomic mass is 16.5. The molecule has 3 aromatic rings. The number of hydrogen-bond acceptors (Lipinski definition) is 6. The van der Waals surface area contributed by atoms with E-state index in [2.05, 4.69) is 50.5 Å². The number of aromatic nitrogens is 5. The van der Waals surface area contributed by atoms with Crippen LogP contribution < -0.4 is 5.56 Å². The lowest BCUT2D eigenvalue weighted by Crippen LogP contribution is -2.41. The van der Waals surface area contributed by atoms with Gasteiger partial charge in [0.1, 0.15) is 0 Å². The fourth-order valence-electron chi connectivity index (χ4n) is 5.86. The lowest BCUT2D eigenvalue weighted by Gasteiger charge is -2.39. The number of aromatic amines is 1. The highest BCUT2D eigenvalue weighted by Gasteiger charge is 2.33. The number of ether oxygens (including phenoxy) is 1. The van der Waals surface area contributed by atoms with Crippen LogP contribution in [0.4, 0.5) is 0 Å². The Morgan fingerprint density at radius 1 is 1.17 bits per heavy atom. The minimum Gasteiger partial charge on any atom is -0.376 e. The number of H-pyrrole nitrogens is 1. The van der Waals surface area contributed by atoms with Crippen LogP contribution in [0.1, 0.15) is 87.7 Å². The van der Waals surface area contributed by atoms with Crippen molar-refractivity contribution >= 4 is 10.9 Å². The van der Waals surface area contributed by atoms with Crippen molar-refractivity contribution in [1.29, 1.82) is 0 Å². The van der Waals surface area contributed by atoms with Crippen LogP contribution in [0, 0.1) is 6.92 Å². The predicted molar refractivity (Wildman–Crippen MR) is 136 cm³/mol. The third kappa shape index (κ3) is 5.48. The molecule has 0 amide bonds. The Labute approximate surface area is 207 Å². The van der Waals surface area contributed by atoms with Crippen molar-refractivity contribution in [3.05, 3.63) is 51.6 Å². The maximum atomic E-state index is 13.2. The summed E-state index contributed by atoms with van der Waals surface area (Å²) in [5, 5.41) is 14.1. The van der Waals surface area contributed by atoms with Crippen molar-refractivity contribution < 1.29 is 4.74 Å². The Bertz CT molecular complexity index is 1180. The third-order valence-corrected chi connectivity index (χ3v) is 7.70. The molecular formula is C27H38N6O2. The topological polar surface area (TPSA) is 88.9 Å². The summed E-state index contributed by atoms with van der Waals surface area (Å²) >= 11 is 0. The summed E-state index contributed by atoms with van der Waals surface area (Å²) in [5.74, 6) is 0.903. The summed E-state index contributed by atoms with van der Waals surface area (Å²) in [4.78, 5) is 18.8. The van der Waals surface area contributed by atoms with E-state index < -0.39 is 0 Å². The molecule has 2 aliphatic rings. The van der Waals surface area contributed by atoms with Gasteiger partial charge >= 0.3 is 0 Å². The molecule has 1 aromatic carbocycles. The maximum Gasteiger partial charge on any atom is 0.252 e. The van der Waals surface area contributed by atoms with Gasteiger partial charge in [-0.15, -0.1) is 5.10 Å². The van der Waals surface area contributed by atoms with Crippen molar-refractivity contribution in [1.82, 2.24) is 30.1 Å². The van der Waals surface area contributed by atoms with Crippen molar-refractivity contribution in [3.8, 4) is 0 Å². The second kappa shape index (κ2) is 11.0. The molecule has 8 heteroatoms. The number of fused-ring (bicyclic) bond motifs is 1. The molecule has 1 saturated heterocycles. The molecule has 0 spiro atoms. The first-order valence-corrected chi connectivity index (χ1v) is 13.4. The van der Waals surface area contributed by atoms with Crippen molar-refractivity contribution in [2.24, 2.45) is 0 Å². The van der Waals surface area contributed by atoms with Crippen LogP contribution in [0.25, 0.3) is 10.9 Å². The van der Waals surface area contributed by atoms with Crippen LogP contribution in [0.2, 0.25) is 0 Å². The number of nitrogens with zero attached hydrogens (tertiary/aromatic N) is 5. The number of hydrogen-bond donors (Lipinski definition) is 1. The van der Waals surface area contributed by atoms with Gasteiger partial charge in [-0.1, -0.05) is 44.7 Å². The Kier molecular flexibility index (Phi) is 7.58. The van der Waals surface area contributed by atoms with Crippen LogP contribution in [0.15, 0.2) is 29.1 Å². The molecule has 3 heterocycles. The van der Waals surface area contributed by atoms with E-state index in [-0.39, 0.29) is 17.7 Å². The predicted octanol–water partition coefficient (Wildman–Crippen LogP) is 4.68. The molecule has 2 aromatic heterocycles. The molecular weight excluding hydrogens is 440 g/mol. The van der Waals surface area contributed by atoms with Gasteiger partial charge < -0.3 is 9.72 Å². The number of aryl methyl sites for hydroxylation is 1. The Morgan fingerprint density at radius 3 is 2.80 bits per heavy atom. The van der Waals surface area contributed by atoms with Gasteiger partial charge in [0.15, 0.2) is 5.82 Å². The van der Waals surface area contributed by atoms with E-state index in [0.717, 1.165) is 73.0 Å². The van der Waals surface area contributed by atoms with E-state index in [1.807, 2.05) is 17.7 Å². The number of tetrazole rings is 1. The molecule has 1 saturated carbocycles. The van der Waals surface area contributed by atoms with Gasteiger partial charge in [-0.2, -0.15) is 0 Å². The summed E-state index contributed by atoms with van der Waals surface area (Å²) in [5.41, 5.74) is 2.85. The molecule has 35 heavy (non-hydrogen) atoms. The standard InChI is InChI=1S/C27H38N6O2/c1-3-8-25(26-29-30-31-33(26)18-23-11-7-14-35-23)32(22-9-5-4-6-10-22)17-21-16-20-13-12-19(2)15-24(20)28-27(21)34/h12-13,15-16,22-23,25H,3-11,14,17-18H2,1-2H3,(H,28,34)/t23-,25-/m1/s1. The number of benzene rings is 1. The van der Waals surface area contributed by atoms with Gasteiger partial charge in [0.25, 0.3) is 5.56 Å². The van der Waals surface area contributed by atoms with Crippen LogP contribution >= 0.6 is 0 Å². The molecule has 0 radical (unpaired) electrons. The zero-order chi connectivity index (χ0) is 24.2. The molecule has 5 rings (SSSR count). The first-order valence-electron chi connectivity index (χ1n) is 13.4. The summed E-state index contributed by atoms with van der Waals surface area (Å²) in [6.07, 6.45) is 10.3. The Balaban J connectivity index is 1.50. The monoisotopic (exact) mass is 478 g/mol. The van der Waals surface area contributed by atoms with E-state index in [4.69, 9.17) is 4.74 Å². The third-order valence-electron chi connectivity index (χ3n) is 7.70. The molecule has 1 aliphatic heterocycles. The van der Waals surface area contributed by atoms with Crippen LogP contribution in [0.5, 0.6) is 0 Å². The molecule has 2 atom stereocenters. The van der Waals surface area contributed by atoms with Crippen molar-refractivity contribution in [3.63, 3.8) is 0 Å². The van der Waals surface area contributed by atoms with E-state index in [0.29, 0.717) is 19.1 Å². The van der Waals surface area contributed by atoms with E-state index in [1.54, 1.807) is 0 Å². The smallest absolute Gasteiger partial charge is 0.252 e. The SMILES string of the molecule is CCC[C@H](c1nnnn1C[C@H]1CCCO1)N(Cc1cc2ccc(C)cc2[nH]c1=O)C1CCCCC1. The van der Waals surface area contributed by atoms with Gasteiger partial charge in [-0.3, -0.25) is 9.69 Å². The van der Waals surface area contributed by atoms with Gasteiger partial charge in [0.05, 0.1) is 18.7 Å². The van der Waals surface area contributed by atoms with Crippen molar-refractivity contribution in [2.45, 2.75) is 103 Å². The van der Waals surface area contributed by atoms with E-state index in [9.17, 15) is 4.79 Å². The normalized spacial score (nSPS) is 20.1. The summed E-state index contributed by atoms with van der Waals surface area (Å²) in [6.45, 7) is 6.37. The highest BCUT2D eigenvalue weighted by Crippen LogP contribution is 2.34. The van der Waals surface area contributed by atoms with Gasteiger partial charge in [-0.25, -0.2) is 4.68 Å². The lowest BCUT2D eigenvalue weighted by molar-refractivity contribution is 0.0713. The van der Waals surface area contributed by atoms with E-state index in [1.165, 1.54) is 19.3 Å². The average molecular weight is 479 g/mol. The molecule has 188 valence electrons. The van der Waals surface area contributed by atoms with Gasteiger partial charge in [-0.05, 0) is 72.5 Å². The lowest BCUT2D eigenvalue weighted by atomic mass is 9.91. The zero-order valence-corrected chi connectivity index (χ0v) is 21.1. The number of pyridine rings is 1. The minimum atomic E-state index is -0.00175. The molecule has 1 aliphatic carbocycles. The first-order chi connectivity index (χ1) is 17.1. The second-order valence-electron chi connectivity index (χ2n) is 10.3. The molecule has 8 nitrogen and oxygen atoms in total. The van der Waals surface area contributed by atoms with Gasteiger partial charge in [0, 0.05) is 30.3 Å². The number of nitrogens with one attached hydrogen (secondary N) is 1. The maximum absolute atomic E-state index is 13.2. The summed E-state index contributed by atoms with van der Waals surface area (Å²) in [6, 6.07) is 8.79. The fraction of sp³-hybridized carbons (Fsp3) is 0.630. The highest BCUT2D eigenvalue weighted by molar-refractivity contribution is 5.79. The quantitative estimate of drug-likeness (QED) is 0.480. The molecule has 0 bridgehead atoms. The van der Waals surface area contributed by atoms with Crippen molar-refractivity contribution in [2.75, 3.05) is 6.61 Å². The molecule has 1 N–H and O–H groups in total. The van der Waals surface area contributed by atoms with Gasteiger partial charge in [0.2, 0.25) is 0 Å². The van der Waals surface area contributed by atoms with Crippen LogP contribution in [-0.4, -0.2) is 48.8 Å².